The van der Waals surface area contributed by atoms with Gasteiger partial charge in [0.2, 0.25) is 5.28 Å². The van der Waals surface area contributed by atoms with Crippen molar-refractivity contribution in [3.8, 4) is 0 Å². The first kappa shape index (κ1) is 34.1. The number of imidazole rings is 1. The Balaban J connectivity index is 1.45. The van der Waals surface area contributed by atoms with E-state index in [0.29, 0.717) is 23.5 Å². The number of hydrogen-bond donors (Lipinski definition) is 3. The number of halogens is 1. The van der Waals surface area contributed by atoms with Gasteiger partial charge < -0.3 is 29.6 Å². The number of carbonyl (C=O) groups is 2. The van der Waals surface area contributed by atoms with Gasteiger partial charge in [0.25, 0.3) is 0 Å². The molecule has 1 aliphatic rings. The summed E-state index contributed by atoms with van der Waals surface area (Å²) in [6.45, 7) is 10.4. The lowest BCUT2D eigenvalue weighted by molar-refractivity contribution is -0.0349. The molecule has 4 unspecified atom stereocenters. The molecule has 2 amide bonds. The number of imide groups is 1. The second kappa shape index (κ2) is 13.5. The van der Waals surface area contributed by atoms with Crippen LogP contribution in [0.15, 0.2) is 67.0 Å². The highest BCUT2D eigenvalue weighted by Crippen LogP contribution is 2.38. The second-order valence-electron chi connectivity index (χ2n) is 13.6. The molecule has 3 N–H and O–H groups in total. The van der Waals surface area contributed by atoms with E-state index < -0.39 is 47.7 Å². The highest BCUT2D eigenvalue weighted by atomic mass is 35.5. The molecule has 0 aliphatic heterocycles. The van der Waals surface area contributed by atoms with Gasteiger partial charge in [-0.3, -0.25) is 0 Å². The Morgan fingerprint density at radius 3 is 1.96 bits per heavy atom. The van der Waals surface area contributed by atoms with E-state index in [0.717, 1.165) is 16.0 Å². The van der Waals surface area contributed by atoms with Crippen LogP contribution in [0.5, 0.6) is 0 Å². The Morgan fingerprint density at radius 1 is 0.915 bits per heavy atom. The maximum absolute atomic E-state index is 13.3. The summed E-state index contributed by atoms with van der Waals surface area (Å²) in [5.74, 6) is 0.381. The van der Waals surface area contributed by atoms with E-state index in [4.69, 9.17) is 21.1 Å². The van der Waals surface area contributed by atoms with Crippen LogP contribution in [0.25, 0.3) is 11.2 Å². The molecule has 1 saturated carbocycles. The highest BCUT2D eigenvalue weighted by molar-refractivity contribution is 6.28. The zero-order chi connectivity index (χ0) is 34.1. The van der Waals surface area contributed by atoms with Crippen LogP contribution < -0.4 is 5.32 Å². The van der Waals surface area contributed by atoms with Crippen molar-refractivity contribution in [2.45, 2.75) is 89.4 Å². The van der Waals surface area contributed by atoms with Crippen LogP contribution in [0.2, 0.25) is 5.28 Å². The van der Waals surface area contributed by atoms with Gasteiger partial charge in [-0.05, 0) is 70.7 Å². The molecule has 250 valence electrons. The van der Waals surface area contributed by atoms with Crippen molar-refractivity contribution in [1.82, 2.24) is 24.4 Å². The molecular formula is C34H41ClN6O6. The normalized spacial score (nSPS) is 20.0. The molecule has 0 radical (unpaired) electrons. The number of ether oxygens (including phenoxy) is 2. The molecule has 47 heavy (non-hydrogen) atoms. The number of benzene rings is 2. The summed E-state index contributed by atoms with van der Waals surface area (Å²) in [5, 5.41) is 25.9. The van der Waals surface area contributed by atoms with Crippen LogP contribution in [0.4, 0.5) is 15.4 Å². The van der Waals surface area contributed by atoms with Crippen molar-refractivity contribution in [3.63, 3.8) is 0 Å². The summed E-state index contributed by atoms with van der Waals surface area (Å²) in [6.07, 6.45) is -3.49. The molecule has 0 spiro atoms. The second-order valence-corrected chi connectivity index (χ2v) is 13.9. The first-order valence-corrected chi connectivity index (χ1v) is 15.9. The minimum atomic E-state index is -1.52. The zero-order valence-corrected chi connectivity index (χ0v) is 28.0. The van der Waals surface area contributed by atoms with Gasteiger partial charge in [-0.25, -0.2) is 19.5 Å². The minimum absolute atomic E-state index is 0.0115. The number of nitrogens with one attached hydrogen (secondary N) is 1. The first-order chi connectivity index (χ1) is 22.1. The molecule has 1 fully saturated rings. The summed E-state index contributed by atoms with van der Waals surface area (Å²) in [5.41, 5.74) is 1.06. The topological polar surface area (TPSA) is 152 Å². The number of anilines is 1. The fraction of sp³-hybridized carbons (Fsp3) is 0.441. The third-order valence-electron chi connectivity index (χ3n) is 7.76. The number of carbonyl (C=O) groups excluding carboxylic acids is 2. The SMILES string of the molecule is CC(C)(C)OC(=O)N(C(=O)OC(C)(C)C)C1CC(n2cnc3c(NCC(c4ccccc4)c4ccccc4)nc(Cl)nc32)C(O)C1O. The molecule has 0 saturated heterocycles. The Hall–Kier alpha value is -4.26. The van der Waals surface area contributed by atoms with Gasteiger partial charge in [0.05, 0.1) is 18.4 Å². The molecule has 12 nitrogen and oxygen atoms in total. The first-order valence-electron chi connectivity index (χ1n) is 15.5. The van der Waals surface area contributed by atoms with E-state index in [2.05, 4.69) is 44.5 Å². The van der Waals surface area contributed by atoms with Crippen LogP contribution in [-0.4, -0.2) is 82.8 Å². The fourth-order valence-electron chi connectivity index (χ4n) is 5.74. The molecule has 4 atom stereocenters. The summed E-state index contributed by atoms with van der Waals surface area (Å²) in [6, 6.07) is 18.2. The third-order valence-corrected chi connectivity index (χ3v) is 7.93. The average Bonchev–Trinajstić information content (AvgIpc) is 3.53. The van der Waals surface area contributed by atoms with Crippen LogP contribution in [0.3, 0.4) is 0 Å². The summed E-state index contributed by atoms with van der Waals surface area (Å²) >= 11 is 6.41. The van der Waals surface area contributed by atoms with Crippen LogP contribution in [-0.2, 0) is 9.47 Å². The Morgan fingerprint density at radius 2 is 1.45 bits per heavy atom. The Bertz CT molecular complexity index is 1640. The summed E-state index contributed by atoms with van der Waals surface area (Å²) in [4.78, 5) is 40.7. The lowest BCUT2D eigenvalue weighted by atomic mass is 9.91. The van der Waals surface area contributed by atoms with Gasteiger partial charge in [0, 0.05) is 12.5 Å². The van der Waals surface area contributed by atoms with Gasteiger partial charge in [-0.15, -0.1) is 0 Å². The maximum atomic E-state index is 13.3. The third kappa shape index (κ3) is 7.83. The molecule has 0 bridgehead atoms. The van der Waals surface area contributed by atoms with Gasteiger partial charge >= 0.3 is 12.2 Å². The van der Waals surface area contributed by atoms with E-state index in [1.54, 1.807) is 46.1 Å². The maximum Gasteiger partial charge on any atom is 0.420 e. The monoisotopic (exact) mass is 664 g/mol. The number of rotatable bonds is 7. The predicted octanol–water partition coefficient (Wildman–Crippen LogP) is 5.93. The fourth-order valence-corrected chi connectivity index (χ4v) is 5.90. The highest BCUT2D eigenvalue weighted by Gasteiger charge is 2.50. The van der Waals surface area contributed by atoms with Gasteiger partial charge in [-0.2, -0.15) is 9.97 Å². The number of nitrogens with zero attached hydrogens (tertiary/aromatic N) is 5. The van der Waals surface area contributed by atoms with Crippen LogP contribution in [0, 0.1) is 0 Å². The molecule has 13 heteroatoms. The number of aromatic nitrogens is 4. The quantitative estimate of drug-likeness (QED) is 0.203. The number of hydrogen-bond acceptors (Lipinski definition) is 10. The molecule has 2 heterocycles. The lowest BCUT2D eigenvalue weighted by Gasteiger charge is -2.33. The number of amides is 2. The number of aliphatic hydroxyl groups excluding tert-OH is 2. The van der Waals surface area contributed by atoms with E-state index in [1.165, 1.54) is 6.33 Å². The molecule has 4 aromatic rings. The molecule has 2 aromatic heterocycles. The van der Waals surface area contributed by atoms with E-state index in [9.17, 15) is 19.8 Å². The van der Waals surface area contributed by atoms with Crippen molar-refractivity contribution in [3.05, 3.63) is 83.4 Å². The summed E-state index contributed by atoms with van der Waals surface area (Å²) in [7, 11) is 0. The average molecular weight is 665 g/mol. The lowest BCUT2D eigenvalue weighted by Crippen LogP contribution is -2.52. The van der Waals surface area contributed by atoms with Crippen molar-refractivity contribution < 1.29 is 29.3 Å². The van der Waals surface area contributed by atoms with Crippen LogP contribution in [0.1, 0.15) is 71.0 Å². The predicted molar refractivity (Wildman–Crippen MR) is 177 cm³/mol. The largest absolute Gasteiger partial charge is 0.443 e. The van der Waals surface area contributed by atoms with E-state index in [1.807, 2.05) is 36.4 Å². The number of fused-ring (bicyclic) bond motifs is 1. The minimum Gasteiger partial charge on any atom is -0.443 e. The van der Waals surface area contributed by atoms with Crippen LogP contribution >= 0.6 is 11.6 Å². The van der Waals surface area contributed by atoms with Gasteiger partial charge in [0.15, 0.2) is 17.0 Å². The standard InChI is InChI=1S/C34H41ClN6O6/c1-33(2,3)46-31(44)41(32(45)47-34(4,5)6)24-17-23(26(42)27(24)43)40-19-37-25-28(38-30(35)39-29(25)40)36-18-22(20-13-9-7-10-14-20)21-15-11-8-12-16-21/h7-16,19,22-24,26-27,42-43H,17-18H2,1-6H3,(H,36,38,39). The molecule has 2 aromatic carbocycles. The Kier molecular flexibility index (Phi) is 9.76. The van der Waals surface area contributed by atoms with Crippen molar-refractivity contribution in [2.24, 2.45) is 0 Å². The van der Waals surface area contributed by atoms with Crippen molar-refractivity contribution in [2.75, 3.05) is 11.9 Å². The zero-order valence-electron chi connectivity index (χ0n) is 27.3. The van der Waals surface area contributed by atoms with Gasteiger partial charge in [0.1, 0.15) is 23.4 Å². The number of aliphatic hydroxyl groups is 2. The van der Waals surface area contributed by atoms with Gasteiger partial charge in [-0.1, -0.05) is 60.7 Å². The van der Waals surface area contributed by atoms with Crippen molar-refractivity contribution >= 4 is 40.8 Å². The smallest absolute Gasteiger partial charge is 0.420 e. The summed E-state index contributed by atoms with van der Waals surface area (Å²) < 4.78 is 12.6. The molecular weight excluding hydrogens is 624 g/mol. The van der Waals surface area contributed by atoms with E-state index in [-0.39, 0.29) is 17.6 Å². The Labute approximate surface area is 278 Å². The van der Waals surface area contributed by atoms with Crippen molar-refractivity contribution in [1.29, 1.82) is 0 Å². The van der Waals surface area contributed by atoms with E-state index >= 15 is 0 Å². The molecule has 5 rings (SSSR count). The molecule has 1 aliphatic carbocycles.